The molecule has 17 heavy (non-hydrogen) atoms. The third-order valence-corrected chi connectivity index (χ3v) is 2.99. The number of hydrogen-bond donors (Lipinski definition) is 2. The van der Waals surface area contributed by atoms with Crippen LogP contribution in [0.4, 0.5) is 5.69 Å². The van der Waals surface area contributed by atoms with Gasteiger partial charge in [0.25, 0.3) is 0 Å². The van der Waals surface area contributed by atoms with E-state index in [9.17, 15) is 4.79 Å². The molecule has 0 aliphatic heterocycles. The Balaban J connectivity index is 2.73. The van der Waals surface area contributed by atoms with Gasteiger partial charge in [-0.25, -0.2) is 0 Å². The van der Waals surface area contributed by atoms with Crippen LogP contribution in [0.3, 0.4) is 0 Å². The Labute approximate surface area is 107 Å². The number of halogens is 1. The molecule has 4 heteroatoms. The average Bonchev–Trinajstić information content (AvgIpc) is 2.29. The van der Waals surface area contributed by atoms with Crippen molar-refractivity contribution in [3.05, 3.63) is 28.8 Å². The van der Waals surface area contributed by atoms with E-state index in [-0.39, 0.29) is 11.8 Å². The minimum absolute atomic E-state index is 0.0555. The number of hydrogen-bond acceptors (Lipinski definition) is 2. The number of aryl methyl sites for hydroxylation is 1. The molecule has 94 valence electrons. The molecule has 0 saturated carbocycles. The molecule has 0 bridgehead atoms. The van der Waals surface area contributed by atoms with Crippen molar-refractivity contribution in [2.75, 3.05) is 11.9 Å². The first-order valence-corrected chi connectivity index (χ1v) is 6.23. The molecule has 1 aromatic rings. The smallest absolute Gasteiger partial charge is 0.228 e. The second-order valence-electron chi connectivity index (χ2n) is 4.19. The fourth-order valence-electron chi connectivity index (χ4n) is 1.66. The molecule has 1 unspecified atom stereocenters. The van der Waals surface area contributed by atoms with E-state index in [1.54, 1.807) is 0 Å². The topological polar surface area (TPSA) is 55.1 Å². The van der Waals surface area contributed by atoms with Gasteiger partial charge >= 0.3 is 0 Å². The highest BCUT2D eigenvalue weighted by Crippen LogP contribution is 2.23. The Bertz CT molecular complexity index is 393. The van der Waals surface area contributed by atoms with Crippen LogP contribution in [0.5, 0.6) is 0 Å². The fraction of sp³-hybridized carbons (Fsp3) is 0.462. The van der Waals surface area contributed by atoms with Crippen molar-refractivity contribution in [1.82, 2.24) is 0 Å². The van der Waals surface area contributed by atoms with E-state index >= 15 is 0 Å². The third kappa shape index (κ3) is 4.02. The lowest BCUT2D eigenvalue weighted by Crippen LogP contribution is -2.29. The first-order valence-electron chi connectivity index (χ1n) is 5.85. The second kappa shape index (κ2) is 6.62. The molecular weight excluding hydrogens is 236 g/mol. The summed E-state index contributed by atoms with van der Waals surface area (Å²) in [7, 11) is 0. The van der Waals surface area contributed by atoms with E-state index in [4.69, 9.17) is 17.3 Å². The monoisotopic (exact) mass is 254 g/mol. The van der Waals surface area contributed by atoms with Crippen LogP contribution in [0.15, 0.2) is 18.2 Å². The van der Waals surface area contributed by atoms with Crippen molar-refractivity contribution in [3.8, 4) is 0 Å². The van der Waals surface area contributed by atoms with Gasteiger partial charge in [-0.3, -0.25) is 4.79 Å². The second-order valence-corrected chi connectivity index (χ2v) is 4.60. The van der Waals surface area contributed by atoms with E-state index in [2.05, 4.69) is 5.32 Å². The van der Waals surface area contributed by atoms with Crippen molar-refractivity contribution >= 4 is 23.2 Å². The van der Waals surface area contributed by atoms with Crippen molar-refractivity contribution in [3.63, 3.8) is 0 Å². The van der Waals surface area contributed by atoms with Crippen LogP contribution in [-0.4, -0.2) is 12.5 Å². The zero-order valence-corrected chi connectivity index (χ0v) is 11.1. The molecule has 0 aromatic heterocycles. The van der Waals surface area contributed by atoms with Crippen molar-refractivity contribution in [1.29, 1.82) is 0 Å². The number of nitrogens with one attached hydrogen (secondary N) is 1. The third-order valence-electron chi connectivity index (χ3n) is 2.67. The highest BCUT2D eigenvalue weighted by atomic mass is 35.5. The van der Waals surface area contributed by atoms with Gasteiger partial charge in [-0.15, -0.1) is 0 Å². The highest BCUT2D eigenvalue weighted by molar-refractivity contribution is 6.33. The summed E-state index contributed by atoms with van der Waals surface area (Å²) in [5.74, 6) is -0.197. The van der Waals surface area contributed by atoms with Crippen LogP contribution in [-0.2, 0) is 4.79 Å². The first-order chi connectivity index (χ1) is 8.08. The molecule has 0 spiro atoms. The maximum atomic E-state index is 11.9. The van der Waals surface area contributed by atoms with Crippen LogP contribution >= 0.6 is 11.6 Å². The molecule has 1 atom stereocenters. The lowest BCUT2D eigenvalue weighted by Gasteiger charge is -2.14. The quantitative estimate of drug-likeness (QED) is 0.849. The maximum Gasteiger partial charge on any atom is 0.228 e. The number of anilines is 1. The Morgan fingerprint density at radius 1 is 1.53 bits per heavy atom. The number of amides is 1. The molecule has 0 aliphatic rings. The van der Waals surface area contributed by atoms with Gasteiger partial charge in [0.1, 0.15) is 0 Å². The van der Waals surface area contributed by atoms with Gasteiger partial charge in [-0.1, -0.05) is 31.0 Å². The molecule has 1 amide bonds. The van der Waals surface area contributed by atoms with Gasteiger partial charge in [-0.2, -0.15) is 0 Å². The molecular formula is C13H19ClN2O. The predicted molar refractivity (Wildman–Crippen MR) is 72.3 cm³/mol. The predicted octanol–water partition coefficient (Wildman–Crippen LogP) is 2.96. The summed E-state index contributed by atoms with van der Waals surface area (Å²) in [6.07, 6.45) is 1.74. The molecule has 0 fully saturated rings. The summed E-state index contributed by atoms with van der Waals surface area (Å²) in [6, 6.07) is 5.56. The Hall–Kier alpha value is -1.06. The molecule has 0 radical (unpaired) electrons. The van der Waals surface area contributed by atoms with Gasteiger partial charge in [0, 0.05) is 6.54 Å². The Morgan fingerprint density at radius 2 is 2.24 bits per heavy atom. The minimum atomic E-state index is -0.141. The van der Waals surface area contributed by atoms with E-state index < -0.39 is 0 Å². The molecule has 1 aromatic carbocycles. The lowest BCUT2D eigenvalue weighted by molar-refractivity contribution is -0.119. The normalized spacial score (nSPS) is 12.2. The van der Waals surface area contributed by atoms with Crippen molar-refractivity contribution in [2.45, 2.75) is 26.7 Å². The molecule has 1 rings (SSSR count). The molecule has 3 N–H and O–H groups in total. The number of nitrogens with two attached hydrogens (primary N) is 1. The SMILES string of the molecule is CCCC(CN)C(=O)Nc1ccc(C)cc1Cl. The standard InChI is InChI=1S/C13H19ClN2O/c1-3-4-10(8-15)13(17)16-12-6-5-9(2)7-11(12)14/h5-7,10H,3-4,8,15H2,1-2H3,(H,16,17). The van der Waals surface area contributed by atoms with E-state index in [0.717, 1.165) is 18.4 Å². The zero-order valence-electron chi connectivity index (χ0n) is 10.3. The summed E-state index contributed by atoms with van der Waals surface area (Å²) in [5.41, 5.74) is 7.30. The zero-order chi connectivity index (χ0) is 12.8. The van der Waals surface area contributed by atoms with Crippen LogP contribution in [0, 0.1) is 12.8 Å². The largest absolute Gasteiger partial charge is 0.330 e. The van der Waals surface area contributed by atoms with Gasteiger partial charge in [0.05, 0.1) is 16.6 Å². The van der Waals surface area contributed by atoms with E-state index in [1.807, 2.05) is 32.0 Å². The number of benzene rings is 1. The summed E-state index contributed by atoms with van der Waals surface area (Å²) >= 11 is 6.05. The number of rotatable bonds is 5. The first kappa shape index (κ1) is 14.0. The van der Waals surface area contributed by atoms with Crippen LogP contribution in [0.25, 0.3) is 0 Å². The number of carbonyl (C=O) groups is 1. The maximum absolute atomic E-state index is 11.9. The summed E-state index contributed by atoms with van der Waals surface area (Å²) in [6.45, 7) is 4.36. The molecule has 3 nitrogen and oxygen atoms in total. The van der Waals surface area contributed by atoms with Crippen molar-refractivity contribution < 1.29 is 4.79 Å². The lowest BCUT2D eigenvalue weighted by atomic mass is 10.0. The van der Waals surface area contributed by atoms with Crippen LogP contribution in [0.1, 0.15) is 25.3 Å². The fourth-order valence-corrected chi connectivity index (χ4v) is 1.94. The summed E-state index contributed by atoms with van der Waals surface area (Å²) in [4.78, 5) is 11.9. The van der Waals surface area contributed by atoms with Crippen molar-refractivity contribution in [2.24, 2.45) is 11.7 Å². The highest BCUT2D eigenvalue weighted by Gasteiger charge is 2.16. The molecule has 0 aliphatic carbocycles. The minimum Gasteiger partial charge on any atom is -0.330 e. The molecule has 0 saturated heterocycles. The Morgan fingerprint density at radius 3 is 2.76 bits per heavy atom. The van der Waals surface area contributed by atoms with E-state index in [1.165, 1.54) is 0 Å². The van der Waals surface area contributed by atoms with Gasteiger partial charge < -0.3 is 11.1 Å². The van der Waals surface area contributed by atoms with Gasteiger partial charge in [0.15, 0.2) is 0 Å². The van der Waals surface area contributed by atoms with Crippen LogP contribution < -0.4 is 11.1 Å². The van der Waals surface area contributed by atoms with Gasteiger partial charge in [0.2, 0.25) is 5.91 Å². The molecule has 0 heterocycles. The van der Waals surface area contributed by atoms with Crippen LogP contribution in [0.2, 0.25) is 5.02 Å². The van der Waals surface area contributed by atoms with Gasteiger partial charge in [-0.05, 0) is 31.0 Å². The van der Waals surface area contributed by atoms with E-state index in [0.29, 0.717) is 17.3 Å². The summed E-state index contributed by atoms with van der Waals surface area (Å²) < 4.78 is 0. The Kier molecular flexibility index (Phi) is 5.45. The number of carbonyl (C=O) groups excluding carboxylic acids is 1. The summed E-state index contributed by atoms with van der Waals surface area (Å²) in [5, 5.41) is 3.38. The average molecular weight is 255 g/mol.